The molecule has 0 saturated carbocycles. The van der Waals surface area contributed by atoms with Gasteiger partial charge in [0.25, 0.3) is 0 Å². The maximum atomic E-state index is 13.1. The van der Waals surface area contributed by atoms with Crippen LogP contribution in [0.25, 0.3) is 15.3 Å². The molecule has 0 unspecified atom stereocenters. The molecule has 0 aliphatic carbocycles. The average Bonchev–Trinajstić information content (AvgIpc) is 2.66. The summed E-state index contributed by atoms with van der Waals surface area (Å²) in [6.07, 6.45) is 0. The molecule has 0 aliphatic heterocycles. The third-order valence-electron chi connectivity index (χ3n) is 2.09. The number of thiophene rings is 1. The van der Waals surface area contributed by atoms with Crippen LogP contribution in [0.3, 0.4) is 0 Å². The summed E-state index contributed by atoms with van der Waals surface area (Å²) in [4.78, 5) is 5.42. The average molecular weight is 217 g/mol. The Morgan fingerprint density at radius 2 is 2.07 bits per heavy atom. The number of aryl methyl sites for hydroxylation is 1. The van der Waals surface area contributed by atoms with Gasteiger partial charge in [-0.1, -0.05) is 6.07 Å². The number of halogens is 1. The molecule has 2 rings (SSSR count). The Bertz CT molecular complexity index is 537. The highest BCUT2D eigenvalue weighted by Gasteiger charge is 2.05. The molecule has 15 heavy (non-hydrogen) atoms. The molecule has 0 amide bonds. The molecule has 0 spiro atoms. The van der Waals surface area contributed by atoms with Gasteiger partial charge in [-0.3, -0.25) is 0 Å². The van der Waals surface area contributed by atoms with Crippen LogP contribution in [0.1, 0.15) is 4.88 Å². The van der Waals surface area contributed by atoms with Gasteiger partial charge in [-0.2, -0.15) is 0 Å². The first-order chi connectivity index (χ1) is 7.20. The third kappa shape index (κ3) is 1.90. The van der Waals surface area contributed by atoms with Crippen LogP contribution in [-0.2, 0) is 0 Å². The van der Waals surface area contributed by atoms with Gasteiger partial charge >= 0.3 is 0 Å². The second kappa shape index (κ2) is 3.84. The maximum Gasteiger partial charge on any atom is 0.222 e. The molecule has 0 atom stereocenters. The van der Waals surface area contributed by atoms with E-state index in [1.165, 1.54) is 10.9 Å². The standard InChI is InChI=1S/C12H8FNS/c1-8-3-6-12(15-8)9-4-5-10(13)11(7-9)14-2/h3-7H,1H3. The molecule has 3 heteroatoms. The SMILES string of the molecule is [C-]#[N+]c1cc(-c2ccc(C)s2)ccc1F. The summed E-state index contributed by atoms with van der Waals surface area (Å²) in [6.45, 7) is 8.86. The summed E-state index contributed by atoms with van der Waals surface area (Å²) in [5.41, 5.74) is 0.985. The lowest BCUT2D eigenvalue weighted by molar-refractivity contribution is 0.634. The molecule has 1 heterocycles. The van der Waals surface area contributed by atoms with E-state index in [0.717, 1.165) is 10.4 Å². The van der Waals surface area contributed by atoms with Gasteiger partial charge in [0.2, 0.25) is 5.69 Å². The minimum absolute atomic E-state index is 0.0820. The fraction of sp³-hybridized carbons (Fsp3) is 0.0833. The van der Waals surface area contributed by atoms with Gasteiger partial charge in [0.05, 0.1) is 6.57 Å². The van der Waals surface area contributed by atoms with Crippen LogP contribution in [-0.4, -0.2) is 0 Å². The molecule has 1 aromatic carbocycles. The van der Waals surface area contributed by atoms with E-state index in [4.69, 9.17) is 6.57 Å². The predicted molar refractivity (Wildman–Crippen MR) is 60.7 cm³/mol. The van der Waals surface area contributed by atoms with E-state index in [1.54, 1.807) is 23.5 Å². The minimum Gasteiger partial charge on any atom is -0.235 e. The van der Waals surface area contributed by atoms with E-state index in [0.29, 0.717) is 0 Å². The quantitative estimate of drug-likeness (QED) is 0.623. The van der Waals surface area contributed by atoms with E-state index >= 15 is 0 Å². The summed E-state index contributed by atoms with van der Waals surface area (Å²) >= 11 is 1.64. The highest BCUT2D eigenvalue weighted by molar-refractivity contribution is 7.15. The van der Waals surface area contributed by atoms with Crippen molar-refractivity contribution >= 4 is 17.0 Å². The Kier molecular flexibility index (Phi) is 2.53. The lowest BCUT2D eigenvalue weighted by Gasteiger charge is -1.99. The van der Waals surface area contributed by atoms with E-state index < -0.39 is 5.82 Å². The maximum absolute atomic E-state index is 13.1. The van der Waals surface area contributed by atoms with Crippen LogP contribution < -0.4 is 0 Å². The van der Waals surface area contributed by atoms with Crippen molar-refractivity contribution in [2.45, 2.75) is 6.92 Å². The number of nitrogens with zero attached hydrogens (tertiary/aromatic N) is 1. The third-order valence-corrected chi connectivity index (χ3v) is 3.14. The molecular weight excluding hydrogens is 209 g/mol. The largest absolute Gasteiger partial charge is 0.235 e. The van der Waals surface area contributed by atoms with E-state index in [2.05, 4.69) is 4.85 Å². The van der Waals surface area contributed by atoms with Crippen LogP contribution in [0.2, 0.25) is 0 Å². The molecule has 0 radical (unpaired) electrons. The lowest BCUT2D eigenvalue weighted by Crippen LogP contribution is -1.76. The number of hydrogen-bond acceptors (Lipinski definition) is 1. The van der Waals surface area contributed by atoms with Crippen molar-refractivity contribution in [2.24, 2.45) is 0 Å². The Morgan fingerprint density at radius 3 is 2.67 bits per heavy atom. The Balaban J connectivity index is 2.51. The van der Waals surface area contributed by atoms with Gasteiger partial charge in [0.15, 0.2) is 0 Å². The fourth-order valence-electron chi connectivity index (χ4n) is 1.34. The zero-order chi connectivity index (χ0) is 10.8. The van der Waals surface area contributed by atoms with E-state index in [-0.39, 0.29) is 5.69 Å². The van der Waals surface area contributed by atoms with Gasteiger partial charge in [-0.15, -0.1) is 11.3 Å². The fourth-order valence-corrected chi connectivity index (χ4v) is 2.21. The van der Waals surface area contributed by atoms with Crippen molar-refractivity contribution in [3.8, 4) is 10.4 Å². The number of benzene rings is 1. The van der Waals surface area contributed by atoms with Crippen molar-refractivity contribution in [3.63, 3.8) is 0 Å². The number of hydrogen-bond donors (Lipinski definition) is 0. The predicted octanol–water partition coefficient (Wildman–Crippen LogP) is 4.41. The smallest absolute Gasteiger partial charge is 0.222 e. The highest BCUT2D eigenvalue weighted by atomic mass is 32.1. The Morgan fingerprint density at radius 1 is 1.27 bits per heavy atom. The van der Waals surface area contributed by atoms with Gasteiger partial charge in [-0.25, -0.2) is 9.24 Å². The molecule has 1 nitrogen and oxygen atoms in total. The van der Waals surface area contributed by atoms with Crippen molar-refractivity contribution < 1.29 is 4.39 Å². The molecule has 2 aromatic rings. The van der Waals surface area contributed by atoms with Crippen molar-refractivity contribution in [2.75, 3.05) is 0 Å². The monoisotopic (exact) mass is 217 g/mol. The zero-order valence-corrected chi connectivity index (χ0v) is 8.94. The Hall–Kier alpha value is -1.66. The molecule has 74 valence electrons. The van der Waals surface area contributed by atoms with E-state index in [1.807, 2.05) is 19.1 Å². The second-order valence-electron chi connectivity index (χ2n) is 3.19. The first-order valence-corrected chi connectivity index (χ1v) is 5.26. The van der Waals surface area contributed by atoms with E-state index in [9.17, 15) is 4.39 Å². The summed E-state index contributed by atoms with van der Waals surface area (Å²) in [7, 11) is 0. The summed E-state index contributed by atoms with van der Waals surface area (Å²) < 4.78 is 13.1. The summed E-state index contributed by atoms with van der Waals surface area (Å²) in [5, 5.41) is 0. The topological polar surface area (TPSA) is 4.36 Å². The van der Waals surface area contributed by atoms with Crippen LogP contribution in [0.5, 0.6) is 0 Å². The van der Waals surface area contributed by atoms with Gasteiger partial charge < -0.3 is 0 Å². The first kappa shape index (κ1) is 9.88. The molecule has 0 N–H and O–H groups in total. The van der Waals surface area contributed by atoms with Crippen molar-refractivity contribution in [1.82, 2.24) is 0 Å². The van der Waals surface area contributed by atoms with Crippen LogP contribution in [0.4, 0.5) is 10.1 Å². The second-order valence-corrected chi connectivity index (χ2v) is 4.48. The molecule has 0 saturated heterocycles. The number of rotatable bonds is 1. The molecule has 0 fully saturated rings. The van der Waals surface area contributed by atoms with Gasteiger partial charge in [-0.05, 0) is 36.8 Å². The van der Waals surface area contributed by atoms with Gasteiger partial charge in [0.1, 0.15) is 5.82 Å². The minimum atomic E-state index is -0.456. The summed E-state index contributed by atoms with van der Waals surface area (Å²) in [5.74, 6) is -0.456. The van der Waals surface area contributed by atoms with Crippen LogP contribution in [0.15, 0.2) is 30.3 Å². The first-order valence-electron chi connectivity index (χ1n) is 4.44. The summed E-state index contributed by atoms with van der Waals surface area (Å²) in [6, 6.07) is 8.64. The van der Waals surface area contributed by atoms with Crippen molar-refractivity contribution in [3.05, 3.63) is 52.4 Å². The van der Waals surface area contributed by atoms with Crippen molar-refractivity contribution in [1.29, 1.82) is 0 Å². The molecule has 0 aliphatic rings. The molecular formula is C12H8FNS. The normalized spacial score (nSPS) is 9.93. The molecule has 0 bridgehead atoms. The van der Waals surface area contributed by atoms with Crippen LogP contribution >= 0.6 is 11.3 Å². The zero-order valence-electron chi connectivity index (χ0n) is 8.12. The lowest BCUT2D eigenvalue weighted by atomic mass is 10.1. The van der Waals surface area contributed by atoms with Gasteiger partial charge in [0, 0.05) is 9.75 Å². The molecule has 1 aromatic heterocycles. The highest BCUT2D eigenvalue weighted by Crippen LogP contribution is 2.31. The Labute approximate surface area is 91.6 Å². The van der Waals surface area contributed by atoms with Crippen LogP contribution in [0, 0.1) is 19.3 Å².